The van der Waals surface area contributed by atoms with Crippen molar-refractivity contribution in [1.82, 2.24) is 0 Å². The fourth-order valence-corrected chi connectivity index (χ4v) is 1.24. The van der Waals surface area contributed by atoms with Crippen molar-refractivity contribution < 1.29 is 14.4 Å². The van der Waals surface area contributed by atoms with E-state index in [-0.39, 0.29) is 11.4 Å². The van der Waals surface area contributed by atoms with Crippen LogP contribution in [-0.2, 0) is 9.63 Å². The minimum absolute atomic E-state index is 0.0708. The Morgan fingerprint density at radius 2 is 1.82 bits per heavy atom. The highest BCUT2D eigenvalue weighted by Gasteiger charge is 2.17. The largest absolute Gasteiger partial charge is 0.497 e. The van der Waals surface area contributed by atoms with Gasteiger partial charge >= 0.3 is 5.97 Å². The molecule has 0 fully saturated rings. The summed E-state index contributed by atoms with van der Waals surface area (Å²) in [5.41, 5.74) is 3.26. The fourth-order valence-electron chi connectivity index (χ4n) is 1.24. The molecule has 0 atom stereocenters. The molecule has 0 aliphatic rings. The Hall–Kier alpha value is -1.71. The van der Waals surface area contributed by atoms with Crippen LogP contribution in [0.3, 0.4) is 0 Å². The summed E-state index contributed by atoms with van der Waals surface area (Å²) in [6.45, 7) is 5.96. The van der Waals surface area contributed by atoms with Gasteiger partial charge in [-0.1, -0.05) is 20.8 Å². The van der Waals surface area contributed by atoms with Gasteiger partial charge in [-0.15, -0.1) is 0 Å². The summed E-state index contributed by atoms with van der Waals surface area (Å²) < 4.78 is 5.03. The molecule has 1 rings (SSSR count). The standard InChI is InChI=1S/C13H19NO3/c1-13(2,3)9-12(15)17-14-10-5-7-11(16-4)8-6-10/h5-8,14H,9H2,1-4H3. The molecular weight excluding hydrogens is 218 g/mol. The molecule has 0 amide bonds. The van der Waals surface area contributed by atoms with E-state index >= 15 is 0 Å². The molecule has 0 aromatic heterocycles. The van der Waals surface area contributed by atoms with Gasteiger partial charge in [0.25, 0.3) is 0 Å². The number of hydrogen-bond donors (Lipinski definition) is 1. The highest BCUT2D eigenvalue weighted by molar-refractivity contribution is 5.71. The van der Waals surface area contributed by atoms with Crippen LogP contribution in [0.5, 0.6) is 5.75 Å². The van der Waals surface area contributed by atoms with E-state index in [2.05, 4.69) is 5.48 Å². The third-order valence-corrected chi connectivity index (χ3v) is 2.05. The average Bonchev–Trinajstić information content (AvgIpc) is 2.25. The number of carbonyl (C=O) groups excluding carboxylic acids is 1. The molecular formula is C13H19NO3. The van der Waals surface area contributed by atoms with Crippen LogP contribution in [0.2, 0.25) is 0 Å². The van der Waals surface area contributed by atoms with Gasteiger partial charge in [-0.05, 0) is 29.7 Å². The second-order valence-electron chi connectivity index (χ2n) is 5.04. The maximum absolute atomic E-state index is 11.4. The lowest BCUT2D eigenvalue weighted by atomic mass is 9.93. The van der Waals surface area contributed by atoms with Crippen molar-refractivity contribution in [2.45, 2.75) is 27.2 Å². The van der Waals surface area contributed by atoms with Gasteiger partial charge in [0, 0.05) is 0 Å². The fraction of sp³-hybridized carbons (Fsp3) is 0.462. The SMILES string of the molecule is COc1ccc(NOC(=O)CC(C)(C)C)cc1. The van der Waals surface area contributed by atoms with Gasteiger partial charge in [0.05, 0.1) is 19.2 Å². The predicted molar refractivity (Wildman–Crippen MR) is 66.8 cm³/mol. The van der Waals surface area contributed by atoms with Crippen molar-refractivity contribution in [3.63, 3.8) is 0 Å². The van der Waals surface area contributed by atoms with Crippen LogP contribution in [0, 0.1) is 5.41 Å². The highest BCUT2D eigenvalue weighted by Crippen LogP contribution is 2.19. The predicted octanol–water partition coefficient (Wildman–Crippen LogP) is 3.00. The third kappa shape index (κ3) is 5.24. The van der Waals surface area contributed by atoms with Crippen molar-refractivity contribution in [3.05, 3.63) is 24.3 Å². The zero-order chi connectivity index (χ0) is 12.9. The molecule has 1 aromatic carbocycles. The molecule has 1 N–H and O–H groups in total. The molecule has 4 nitrogen and oxygen atoms in total. The molecule has 0 spiro atoms. The number of hydrogen-bond acceptors (Lipinski definition) is 4. The van der Waals surface area contributed by atoms with E-state index in [1.54, 1.807) is 31.4 Å². The molecule has 0 aliphatic heterocycles. The zero-order valence-electron chi connectivity index (χ0n) is 10.7. The van der Waals surface area contributed by atoms with Crippen LogP contribution in [0.1, 0.15) is 27.2 Å². The minimum Gasteiger partial charge on any atom is -0.497 e. The van der Waals surface area contributed by atoms with E-state index in [1.807, 2.05) is 20.8 Å². The number of carbonyl (C=O) groups is 1. The summed E-state index contributed by atoms with van der Waals surface area (Å²) >= 11 is 0. The number of ether oxygens (including phenoxy) is 1. The molecule has 0 aliphatic carbocycles. The summed E-state index contributed by atoms with van der Waals surface area (Å²) in [5.74, 6) is 0.491. The lowest BCUT2D eigenvalue weighted by Crippen LogP contribution is -2.18. The van der Waals surface area contributed by atoms with Gasteiger partial charge in [-0.2, -0.15) is 0 Å². The maximum Gasteiger partial charge on any atom is 0.332 e. The van der Waals surface area contributed by atoms with Gasteiger partial charge in [-0.3, -0.25) is 0 Å². The van der Waals surface area contributed by atoms with Crippen molar-refractivity contribution >= 4 is 11.7 Å². The minimum atomic E-state index is -0.270. The number of rotatable bonds is 4. The summed E-state index contributed by atoms with van der Waals surface area (Å²) in [4.78, 5) is 16.4. The van der Waals surface area contributed by atoms with Crippen LogP contribution < -0.4 is 10.2 Å². The van der Waals surface area contributed by atoms with Gasteiger partial charge in [0.15, 0.2) is 0 Å². The molecule has 0 saturated carbocycles. The van der Waals surface area contributed by atoms with Gasteiger partial charge in [0.2, 0.25) is 0 Å². The first kappa shape index (κ1) is 13.4. The molecule has 0 radical (unpaired) electrons. The summed E-state index contributed by atoms with van der Waals surface area (Å²) in [6.07, 6.45) is 0.371. The quantitative estimate of drug-likeness (QED) is 0.818. The number of nitrogens with one attached hydrogen (secondary N) is 1. The first-order chi connectivity index (χ1) is 7.90. The van der Waals surface area contributed by atoms with E-state index in [9.17, 15) is 4.79 Å². The summed E-state index contributed by atoms with van der Waals surface area (Å²) in [5, 5.41) is 0. The maximum atomic E-state index is 11.4. The Labute approximate surface area is 102 Å². The second-order valence-corrected chi connectivity index (χ2v) is 5.04. The van der Waals surface area contributed by atoms with Crippen LogP contribution in [0.25, 0.3) is 0 Å². The molecule has 1 aromatic rings. The highest BCUT2D eigenvalue weighted by atomic mass is 16.7. The molecule has 17 heavy (non-hydrogen) atoms. The Kier molecular flexibility index (Phi) is 4.37. The zero-order valence-corrected chi connectivity index (χ0v) is 10.7. The molecule has 0 heterocycles. The monoisotopic (exact) mass is 237 g/mol. The Bertz CT molecular complexity index is 365. The lowest BCUT2D eigenvalue weighted by molar-refractivity contribution is -0.142. The van der Waals surface area contributed by atoms with Crippen LogP contribution in [-0.4, -0.2) is 13.1 Å². The van der Waals surface area contributed by atoms with Gasteiger partial charge < -0.3 is 9.57 Å². The average molecular weight is 237 g/mol. The van der Waals surface area contributed by atoms with E-state index < -0.39 is 0 Å². The van der Waals surface area contributed by atoms with Gasteiger partial charge in [0.1, 0.15) is 5.75 Å². The number of methoxy groups -OCH3 is 1. The van der Waals surface area contributed by atoms with Crippen LogP contribution in [0.4, 0.5) is 5.69 Å². The Morgan fingerprint density at radius 3 is 2.29 bits per heavy atom. The van der Waals surface area contributed by atoms with Crippen molar-refractivity contribution in [3.8, 4) is 5.75 Å². The van der Waals surface area contributed by atoms with Crippen molar-refractivity contribution in [1.29, 1.82) is 0 Å². The molecule has 0 bridgehead atoms. The number of anilines is 1. The molecule has 0 saturated heterocycles. The normalized spacial score (nSPS) is 10.8. The van der Waals surface area contributed by atoms with E-state index in [0.29, 0.717) is 12.1 Å². The van der Waals surface area contributed by atoms with E-state index in [1.165, 1.54) is 0 Å². The summed E-state index contributed by atoms with van der Waals surface area (Å²) in [7, 11) is 1.60. The second kappa shape index (κ2) is 5.57. The van der Waals surface area contributed by atoms with Crippen molar-refractivity contribution in [2.75, 3.05) is 12.6 Å². The van der Waals surface area contributed by atoms with Crippen LogP contribution >= 0.6 is 0 Å². The number of benzene rings is 1. The topological polar surface area (TPSA) is 47.6 Å². The Balaban J connectivity index is 2.42. The smallest absolute Gasteiger partial charge is 0.332 e. The van der Waals surface area contributed by atoms with Gasteiger partial charge in [-0.25, -0.2) is 10.3 Å². The van der Waals surface area contributed by atoms with E-state index in [0.717, 1.165) is 5.75 Å². The Morgan fingerprint density at radius 1 is 1.24 bits per heavy atom. The summed E-state index contributed by atoms with van der Waals surface area (Å²) in [6, 6.07) is 7.15. The van der Waals surface area contributed by atoms with Crippen molar-refractivity contribution in [2.24, 2.45) is 5.41 Å². The first-order valence-corrected chi connectivity index (χ1v) is 5.50. The van der Waals surface area contributed by atoms with E-state index in [4.69, 9.17) is 9.57 Å². The molecule has 94 valence electrons. The first-order valence-electron chi connectivity index (χ1n) is 5.50. The van der Waals surface area contributed by atoms with Crippen LogP contribution in [0.15, 0.2) is 24.3 Å². The molecule has 0 unspecified atom stereocenters. The third-order valence-electron chi connectivity index (χ3n) is 2.05. The molecule has 4 heteroatoms. The lowest BCUT2D eigenvalue weighted by Gasteiger charge is -2.16.